The number of rotatable bonds is 23. The number of aliphatic hydroxyl groups excluding tert-OH is 2. The summed E-state index contributed by atoms with van der Waals surface area (Å²) >= 11 is 0. The summed E-state index contributed by atoms with van der Waals surface area (Å²) in [6, 6.07) is 27.5. The van der Waals surface area contributed by atoms with Crippen LogP contribution in [0.3, 0.4) is 0 Å². The largest absolute Gasteiger partial charge is 0.507 e. The molecule has 0 bridgehead atoms. The zero-order valence-corrected chi connectivity index (χ0v) is 44.2. The van der Waals surface area contributed by atoms with Crippen LogP contribution in [0.25, 0.3) is 0 Å². The first kappa shape index (κ1) is 57.3. The number of hydrogen-bond acceptors (Lipinski definition) is 16. The number of sulfonamides is 1. The van der Waals surface area contributed by atoms with Crippen molar-refractivity contribution in [1.82, 2.24) is 10.0 Å². The van der Waals surface area contributed by atoms with Gasteiger partial charge < -0.3 is 68.7 Å². The average Bonchev–Trinajstić information content (AvgIpc) is 3.38. The molecule has 4 aromatic rings. The van der Waals surface area contributed by atoms with Gasteiger partial charge in [0.2, 0.25) is 0 Å². The van der Waals surface area contributed by atoms with Crippen molar-refractivity contribution in [3.05, 3.63) is 120 Å². The summed E-state index contributed by atoms with van der Waals surface area (Å²) in [5, 5.41) is 56.9. The minimum absolute atomic E-state index is 0.0565. The van der Waals surface area contributed by atoms with Crippen molar-refractivity contribution in [2.75, 3.05) is 6.54 Å². The van der Waals surface area contributed by atoms with E-state index in [1.165, 1.54) is 12.1 Å². The summed E-state index contributed by atoms with van der Waals surface area (Å²) in [4.78, 5) is 12.8. The van der Waals surface area contributed by atoms with Gasteiger partial charge in [0, 0.05) is 29.5 Å². The number of carbonyl (C=O) groups is 1. The van der Waals surface area contributed by atoms with Gasteiger partial charge in [0.15, 0.2) is 25.2 Å². The number of aromatic hydroxyl groups is 3. The maximum atomic E-state index is 12.9. The van der Waals surface area contributed by atoms with E-state index in [1.807, 2.05) is 36.8 Å². The summed E-state index contributed by atoms with van der Waals surface area (Å²) in [7, 11) is -4.12. The molecule has 416 valence electrons. The molecule has 19 heteroatoms. The fourth-order valence-electron chi connectivity index (χ4n) is 10.7. The number of phenolic OH excluding ortho intramolecular Hbond substituents is 3. The fraction of sp³-hybridized carbons (Fsp3) is 0.561. The maximum absolute atomic E-state index is 12.9. The molecule has 0 spiro atoms. The monoisotopic (exact) mass is 1080 g/mol. The van der Waals surface area contributed by atoms with Gasteiger partial charge in [-0.2, -0.15) is 0 Å². The summed E-state index contributed by atoms with van der Waals surface area (Å²) in [5.74, 6) is 0.269. The van der Waals surface area contributed by atoms with E-state index in [0.717, 1.165) is 6.42 Å². The third-order valence-electron chi connectivity index (χ3n) is 14.4. The van der Waals surface area contributed by atoms with E-state index in [0.29, 0.717) is 107 Å². The first-order chi connectivity index (χ1) is 36.6. The molecular weight excluding hydrogens is 1000 g/mol. The quantitative estimate of drug-likeness (QED) is 0.0366. The van der Waals surface area contributed by atoms with E-state index in [-0.39, 0.29) is 71.4 Å². The molecule has 4 aromatic carbocycles. The molecule has 14 atom stereocenters. The Morgan fingerprint density at radius 2 is 0.895 bits per heavy atom. The molecule has 0 aromatic heterocycles. The first-order valence-corrected chi connectivity index (χ1v) is 28.4. The highest BCUT2D eigenvalue weighted by Gasteiger charge is 2.37. The van der Waals surface area contributed by atoms with Crippen LogP contribution >= 0.6 is 0 Å². The third-order valence-corrected chi connectivity index (χ3v) is 15.8. The van der Waals surface area contributed by atoms with Crippen LogP contribution in [0, 0.1) is 0 Å². The lowest BCUT2D eigenvalue weighted by molar-refractivity contribution is -0.251. The second kappa shape index (κ2) is 27.6. The van der Waals surface area contributed by atoms with Crippen molar-refractivity contribution in [2.24, 2.45) is 0 Å². The Morgan fingerprint density at radius 3 is 1.41 bits per heavy atom. The molecule has 13 unspecified atom stereocenters. The van der Waals surface area contributed by atoms with Crippen molar-refractivity contribution in [3.8, 4) is 17.2 Å². The van der Waals surface area contributed by atoms with E-state index >= 15 is 0 Å². The average molecular weight is 1080 g/mol. The van der Waals surface area contributed by atoms with Crippen molar-refractivity contribution in [1.29, 1.82) is 0 Å². The zero-order chi connectivity index (χ0) is 53.6. The van der Waals surface area contributed by atoms with E-state index in [1.54, 1.807) is 72.8 Å². The van der Waals surface area contributed by atoms with Gasteiger partial charge in [0.25, 0.3) is 10.0 Å². The Morgan fingerprint density at radius 1 is 0.513 bits per heavy atom. The van der Waals surface area contributed by atoms with Gasteiger partial charge in [0.05, 0.1) is 72.5 Å². The van der Waals surface area contributed by atoms with Crippen molar-refractivity contribution in [2.45, 2.75) is 201 Å². The first-order valence-electron chi connectivity index (χ1n) is 26.9. The van der Waals surface area contributed by atoms with E-state index in [9.17, 15) is 38.7 Å². The predicted octanol–water partition coefficient (Wildman–Crippen LogP) is 8.96. The minimum atomic E-state index is -4.12. The van der Waals surface area contributed by atoms with Gasteiger partial charge in [-0.05, 0) is 128 Å². The molecule has 0 aliphatic carbocycles. The highest BCUT2D eigenvalue weighted by atomic mass is 32.2. The molecule has 7 N–H and O–H groups in total. The molecule has 0 saturated carbocycles. The lowest BCUT2D eigenvalue weighted by Gasteiger charge is -2.38. The highest BCUT2D eigenvalue weighted by molar-refractivity contribution is 7.90. The highest BCUT2D eigenvalue weighted by Crippen LogP contribution is 2.40. The molecule has 2 amide bonds. The number of nitrogens with one attached hydrogen (secondary N) is 2. The second-order valence-corrected chi connectivity index (χ2v) is 22.4. The number of phenols is 3. The topological polar surface area (TPSA) is 250 Å². The second-order valence-electron chi connectivity index (χ2n) is 20.7. The molecular formula is C57H76N2O16S. The van der Waals surface area contributed by atoms with Crippen molar-refractivity contribution in [3.63, 3.8) is 0 Å². The van der Waals surface area contributed by atoms with Crippen molar-refractivity contribution < 1.29 is 76.6 Å². The Kier molecular flexibility index (Phi) is 20.8. The van der Waals surface area contributed by atoms with Gasteiger partial charge in [-0.25, -0.2) is 17.9 Å². The number of para-hydroxylation sites is 3. The molecule has 4 heterocycles. The van der Waals surface area contributed by atoms with Crippen LogP contribution in [0.1, 0.15) is 146 Å². The number of hydrogen-bond donors (Lipinski definition) is 7. The van der Waals surface area contributed by atoms with Crippen LogP contribution in [0.2, 0.25) is 0 Å². The van der Waals surface area contributed by atoms with E-state index in [2.05, 4.69) is 5.32 Å². The third kappa shape index (κ3) is 16.8. The van der Waals surface area contributed by atoms with Crippen LogP contribution in [0.15, 0.2) is 108 Å². The zero-order valence-electron chi connectivity index (χ0n) is 43.3. The Labute approximate surface area is 446 Å². The molecule has 4 aliphatic rings. The Balaban J connectivity index is 0.831. The fourth-order valence-corrected chi connectivity index (χ4v) is 11.6. The van der Waals surface area contributed by atoms with Crippen LogP contribution in [-0.4, -0.2) is 114 Å². The maximum Gasteiger partial charge on any atom is 0.328 e. The summed E-state index contributed by atoms with van der Waals surface area (Å²) in [5.41, 5.74) is 1.66. The molecule has 8 rings (SSSR count). The number of carbonyl (C=O) groups excluding carboxylic acids is 1. The number of amides is 2. The van der Waals surface area contributed by atoms with Crippen LogP contribution in [-0.2, 0) is 47.9 Å². The molecule has 76 heavy (non-hydrogen) atoms. The standard InChI is InChI=1S/C57H76N2O16S/c1-36-29-40(72-54(68-36)47-23-6-9-26-50(47)62)19-14-20-41-34-45(71-53(70-41)35-58-57(65)59-76(66,67)46-21-4-3-5-22-46)32-39(61)16-13-18-43-33-42(73-56(74-43)49-25-8-11-28-52(49)64)17-12-15-38(60)31-44-30-37(2)69-55(75-44)48-24-7-10-27-51(48)63/h3-11,21-28,36-45,53-56,60-64H,12-20,29-35H2,1-2H3,(H2,58,59,65)/t36?,37-,38?,39?,40?,41?,42?,43?,44?,45?,53?,54?,55?,56?/m0/s1. The molecule has 18 nitrogen and oxygen atoms in total. The van der Waals surface area contributed by atoms with Crippen LogP contribution < -0.4 is 10.0 Å². The Hall–Kier alpha value is -4.90. The van der Waals surface area contributed by atoms with E-state index in [4.69, 9.17) is 37.9 Å². The van der Waals surface area contributed by atoms with Crippen molar-refractivity contribution >= 4 is 16.1 Å². The molecule has 4 saturated heterocycles. The van der Waals surface area contributed by atoms with Gasteiger partial charge in [-0.3, -0.25) is 0 Å². The Bertz CT molecular complexity index is 2540. The predicted molar refractivity (Wildman–Crippen MR) is 278 cm³/mol. The number of urea groups is 1. The normalized spacial score (nSPS) is 29.0. The molecule has 0 radical (unpaired) electrons. The molecule has 4 aliphatic heterocycles. The van der Waals surface area contributed by atoms with Gasteiger partial charge in [-0.15, -0.1) is 0 Å². The number of aliphatic hydroxyl groups is 2. The summed E-state index contributed by atoms with van der Waals surface area (Å²) < 4.78 is 77.8. The van der Waals surface area contributed by atoms with Crippen LogP contribution in [0.4, 0.5) is 4.79 Å². The molecule has 4 fully saturated rings. The van der Waals surface area contributed by atoms with E-state index < -0.39 is 59.5 Å². The lowest BCUT2D eigenvalue weighted by atomic mass is 9.95. The SMILES string of the molecule is CC1CC(CCCC2CC(CC(O)CCCC3CC(CCCC(O)CC4C[C@H](C)OC(c5ccccc5O)O4)OC(c4ccccc4O)O3)OC(CNC(=O)NS(=O)(=O)c3ccccc3)O2)OC(c2ccccc2O)O1. The van der Waals surface area contributed by atoms with Crippen LogP contribution in [0.5, 0.6) is 17.2 Å². The summed E-state index contributed by atoms with van der Waals surface area (Å²) in [6.45, 7) is 3.80. The summed E-state index contributed by atoms with van der Waals surface area (Å²) in [6.07, 6.45) is 2.34. The van der Waals surface area contributed by atoms with Gasteiger partial charge >= 0.3 is 6.03 Å². The number of ether oxygens (including phenoxy) is 8. The minimum Gasteiger partial charge on any atom is -0.507 e. The smallest absolute Gasteiger partial charge is 0.328 e. The number of benzene rings is 4. The van der Waals surface area contributed by atoms with Gasteiger partial charge in [0.1, 0.15) is 17.2 Å². The van der Waals surface area contributed by atoms with Gasteiger partial charge in [-0.1, -0.05) is 72.8 Å². The lowest BCUT2D eigenvalue weighted by Crippen LogP contribution is -2.48.